The molecule has 4 heteroatoms. The molecule has 0 atom stereocenters. The zero-order valence-electron chi connectivity index (χ0n) is 6.00. The topological polar surface area (TPSA) is 69.8 Å². The molecule has 0 aromatic carbocycles. The Bertz CT molecular complexity index is 516. The van der Waals surface area contributed by atoms with Gasteiger partial charge >= 0.3 is 0 Å². The van der Waals surface area contributed by atoms with Crippen molar-refractivity contribution in [1.29, 1.82) is 5.26 Å². The van der Waals surface area contributed by atoms with Gasteiger partial charge in [-0.3, -0.25) is 9.78 Å². The highest BCUT2D eigenvalue weighted by atomic mass is 16.3. The van der Waals surface area contributed by atoms with Crippen molar-refractivity contribution in [2.45, 2.75) is 0 Å². The lowest BCUT2D eigenvalue weighted by atomic mass is 10.2. The minimum atomic E-state index is -0.417. The van der Waals surface area contributed by atoms with E-state index in [-0.39, 0.29) is 5.56 Å². The second-order valence-electron chi connectivity index (χ2n) is 2.33. The van der Waals surface area contributed by atoms with Crippen molar-refractivity contribution in [2.75, 3.05) is 0 Å². The first-order chi connectivity index (χ1) is 5.81. The Kier molecular flexibility index (Phi) is 1.25. The number of aromatic amines is 1. The average molecular weight is 160 g/mol. The summed E-state index contributed by atoms with van der Waals surface area (Å²) in [4.78, 5) is 13.5. The van der Waals surface area contributed by atoms with Crippen molar-refractivity contribution in [3.63, 3.8) is 0 Å². The number of H-pyrrole nitrogens is 1. The van der Waals surface area contributed by atoms with E-state index < -0.39 is 5.56 Å². The number of nitrogens with zero attached hydrogens (tertiary/aromatic N) is 1. The van der Waals surface area contributed by atoms with E-state index in [9.17, 15) is 4.79 Å². The molecule has 2 aromatic rings. The molecule has 0 unspecified atom stereocenters. The molecule has 0 saturated carbocycles. The number of nitrogens with one attached hydrogen (secondary N) is 1. The van der Waals surface area contributed by atoms with Gasteiger partial charge in [-0.05, 0) is 12.1 Å². The molecule has 2 heterocycles. The van der Waals surface area contributed by atoms with Crippen LogP contribution in [0.4, 0.5) is 0 Å². The van der Waals surface area contributed by atoms with Crippen molar-refractivity contribution in [3.8, 4) is 6.07 Å². The van der Waals surface area contributed by atoms with Gasteiger partial charge in [-0.15, -0.1) is 0 Å². The third-order valence-corrected chi connectivity index (χ3v) is 1.59. The number of furan rings is 1. The Labute approximate surface area is 67.0 Å². The quantitative estimate of drug-likeness (QED) is 0.624. The van der Waals surface area contributed by atoms with Crippen molar-refractivity contribution in [1.82, 2.24) is 4.98 Å². The van der Waals surface area contributed by atoms with E-state index in [0.29, 0.717) is 5.71 Å². The summed E-state index contributed by atoms with van der Waals surface area (Å²) in [5, 5.41) is 9.24. The van der Waals surface area contributed by atoms with Crippen LogP contribution in [0.25, 0.3) is 11.1 Å². The highest BCUT2D eigenvalue weighted by Gasteiger charge is 2.02. The molecule has 0 aliphatic carbocycles. The molecule has 0 bridgehead atoms. The van der Waals surface area contributed by atoms with Crippen LogP contribution < -0.4 is 5.56 Å². The third-order valence-electron chi connectivity index (χ3n) is 1.59. The van der Waals surface area contributed by atoms with Crippen LogP contribution >= 0.6 is 0 Å². The van der Waals surface area contributed by atoms with E-state index in [0.717, 1.165) is 5.39 Å². The predicted octanol–water partition coefficient (Wildman–Crippen LogP) is 0.993. The van der Waals surface area contributed by atoms with E-state index in [2.05, 4.69) is 4.98 Å². The van der Waals surface area contributed by atoms with Crippen LogP contribution in [0.15, 0.2) is 27.6 Å². The van der Waals surface area contributed by atoms with Gasteiger partial charge in [0.15, 0.2) is 0 Å². The number of nitriles is 1. The van der Waals surface area contributed by atoms with Crippen LogP contribution in [0, 0.1) is 11.3 Å². The van der Waals surface area contributed by atoms with E-state index in [1.165, 1.54) is 12.3 Å². The second-order valence-corrected chi connectivity index (χ2v) is 2.33. The number of aromatic nitrogens is 1. The van der Waals surface area contributed by atoms with Crippen LogP contribution in [0.3, 0.4) is 0 Å². The van der Waals surface area contributed by atoms with Crippen molar-refractivity contribution in [2.24, 2.45) is 0 Å². The number of hydrogen-bond acceptors (Lipinski definition) is 3. The summed E-state index contributed by atoms with van der Waals surface area (Å²) in [6, 6.07) is 4.98. The summed E-state index contributed by atoms with van der Waals surface area (Å²) < 4.78 is 4.93. The maximum absolute atomic E-state index is 11.0. The molecule has 1 N–H and O–H groups in total. The lowest BCUT2D eigenvalue weighted by molar-refractivity contribution is 0.602. The molecule has 2 rings (SSSR count). The van der Waals surface area contributed by atoms with E-state index in [4.69, 9.17) is 9.68 Å². The van der Waals surface area contributed by atoms with Gasteiger partial charge in [-0.1, -0.05) is 0 Å². The molecule has 0 radical (unpaired) electrons. The van der Waals surface area contributed by atoms with Crippen LogP contribution in [0.5, 0.6) is 0 Å². The van der Waals surface area contributed by atoms with Gasteiger partial charge in [0.05, 0.1) is 6.26 Å². The largest absolute Gasteiger partial charge is 0.448 e. The standard InChI is InChI=1S/C8H4N2O2/c9-4-6-3-5-1-2-12-8(5)10-7(6)11/h1-3H,(H,10,11). The first kappa shape index (κ1) is 6.68. The molecule has 4 nitrogen and oxygen atoms in total. The Balaban J connectivity index is 2.93. The summed E-state index contributed by atoms with van der Waals surface area (Å²) >= 11 is 0. The summed E-state index contributed by atoms with van der Waals surface area (Å²) in [6.45, 7) is 0. The number of hydrogen-bond donors (Lipinski definition) is 1. The summed E-state index contributed by atoms with van der Waals surface area (Å²) in [5.41, 5.74) is 0.0860. The molecule has 58 valence electrons. The number of fused-ring (bicyclic) bond motifs is 1. The Hall–Kier alpha value is -2.02. The lowest BCUT2D eigenvalue weighted by Gasteiger charge is -1.87. The fourth-order valence-corrected chi connectivity index (χ4v) is 1.01. The first-order valence-electron chi connectivity index (χ1n) is 3.32. The van der Waals surface area contributed by atoms with Gasteiger partial charge < -0.3 is 4.42 Å². The van der Waals surface area contributed by atoms with Crippen LogP contribution in [0.2, 0.25) is 0 Å². The normalized spacial score (nSPS) is 9.92. The molecule has 0 aliphatic rings. The smallest absolute Gasteiger partial charge is 0.268 e. The highest BCUT2D eigenvalue weighted by molar-refractivity contribution is 5.74. The molecule has 0 amide bonds. The maximum atomic E-state index is 11.0. The van der Waals surface area contributed by atoms with E-state index in [1.807, 2.05) is 0 Å². The molecule has 0 saturated heterocycles. The molecule has 0 fully saturated rings. The summed E-state index contributed by atoms with van der Waals surface area (Å²) in [6.07, 6.45) is 1.46. The second kappa shape index (κ2) is 2.24. The first-order valence-corrected chi connectivity index (χ1v) is 3.32. The van der Waals surface area contributed by atoms with Gasteiger partial charge in [-0.2, -0.15) is 5.26 Å². The summed E-state index contributed by atoms with van der Waals surface area (Å²) in [7, 11) is 0. The molecule has 0 aliphatic heterocycles. The Morgan fingerprint density at radius 2 is 2.42 bits per heavy atom. The SMILES string of the molecule is N#Cc1cc2ccoc2[nH]c1=O. The molecule has 12 heavy (non-hydrogen) atoms. The highest BCUT2D eigenvalue weighted by Crippen LogP contribution is 2.10. The van der Waals surface area contributed by atoms with Crippen molar-refractivity contribution >= 4 is 11.1 Å². The van der Waals surface area contributed by atoms with Gasteiger partial charge in [-0.25, -0.2) is 0 Å². The van der Waals surface area contributed by atoms with Gasteiger partial charge in [0.25, 0.3) is 5.56 Å². The van der Waals surface area contributed by atoms with E-state index >= 15 is 0 Å². The third kappa shape index (κ3) is 0.805. The van der Waals surface area contributed by atoms with E-state index in [1.54, 1.807) is 12.1 Å². The molecule has 0 spiro atoms. The summed E-state index contributed by atoms with van der Waals surface area (Å²) in [5.74, 6) is 0. The van der Waals surface area contributed by atoms with Crippen LogP contribution in [-0.4, -0.2) is 4.98 Å². The molecular formula is C8H4N2O2. The van der Waals surface area contributed by atoms with Gasteiger partial charge in [0.2, 0.25) is 5.71 Å². The monoisotopic (exact) mass is 160 g/mol. The van der Waals surface area contributed by atoms with Crippen LogP contribution in [0.1, 0.15) is 5.56 Å². The average Bonchev–Trinajstić information content (AvgIpc) is 2.49. The van der Waals surface area contributed by atoms with Crippen molar-refractivity contribution in [3.05, 3.63) is 34.3 Å². The maximum Gasteiger partial charge on any atom is 0.268 e. The molecule has 2 aromatic heterocycles. The fourth-order valence-electron chi connectivity index (χ4n) is 1.01. The lowest BCUT2D eigenvalue weighted by Crippen LogP contribution is -2.08. The van der Waals surface area contributed by atoms with Gasteiger partial charge in [0, 0.05) is 5.39 Å². The Morgan fingerprint density at radius 1 is 1.58 bits per heavy atom. The zero-order valence-corrected chi connectivity index (χ0v) is 6.00. The number of pyridine rings is 1. The van der Waals surface area contributed by atoms with Crippen LogP contribution in [-0.2, 0) is 0 Å². The predicted molar refractivity (Wildman–Crippen MR) is 41.5 cm³/mol. The molecular weight excluding hydrogens is 156 g/mol. The minimum absolute atomic E-state index is 0.101. The minimum Gasteiger partial charge on any atom is -0.448 e. The number of rotatable bonds is 0. The fraction of sp³-hybridized carbons (Fsp3) is 0. The zero-order chi connectivity index (χ0) is 8.55. The van der Waals surface area contributed by atoms with Gasteiger partial charge in [0.1, 0.15) is 11.6 Å². The Morgan fingerprint density at radius 3 is 3.17 bits per heavy atom. The van der Waals surface area contributed by atoms with Crippen molar-refractivity contribution < 1.29 is 4.42 Å².